The van der Waals surface area contributed by atoms with Crippen LogP contribution in [0.4, 0.5) is 9.93 Å². The van der Waals surface area contributed by atoms with Gasteiger partial charge in [0.25, 0.3) is 11.8 Å². The molecule has 34 heavy (non-hydrogen) atoms. The molecule has 0 aliphatic carbocycles. The lowest BCUT2D eigenvalue weighted by Crippen LogP contribution is -2.74. The summed E-state index contributed by atoms with van der Waals surface area (Å²) in [5.41, 5.74) is 3.14. The Morgan fingerprint density at radius 1 is 1.44 bits per heavy atom. The first-order valence-electron chi connectivity index (χ1n) is 9.57. The predicted octanol–water partition coefficient (Wildman–Crippen LogP) is -2.17. The van der Waals surface area contributed by atoms with E-state index in [2.05, 4.69) is 20.8 Å². The first-order chi connectivity index (χ1) is 15.7. The summed E-state index contributed by atoms with van der Waals surface area (Å²) in [6.45, 7) is 2.56. The van der Waals surface area contributed by atoms with Crippen molar-refractivity contribution in [3.05, 3.63) is 11.1 Å². The Morgan fingerprint density at radius 3 is 2.62 bits per heavy atom. The van der Waals surface area contributed by atoms with Crippen LogP contribution in [-0.4, -0.2) is 99.1 Å². The molecule has 16 nitrogen and oxygen atoms in total. The fourth-order valence-corrected chi connectivity index (χ4v) is 4.48. The van der Waals surface area contributed by atoms with Crippen molar-refractivity contribution in [2.45, 2.75) is 31.5 Å². The summed E-state index contributed by atoms with van der Waals surface area (Å²) in [6.07, 6.45) is 0. The maximum absolute atomic E-state index is 13.0. The second-order valence-electron chi connectivity index (χ2n) is 7.73. The number of nitrogens with two attached hydrogens (primary N) is 1. The maximum atomic E-state index is 13.0. The van der Waals surface area contributed by atoms with Crippen molar-refractivity contribution < 1.29 is 42.1 Å². The average molecular weight is 520 g/mol. The quantitative estimate of drug-likeness (QED) is 0.102. The van der Waals surface area contributed by atoms with E-state index < -0.39 is 57.5 Å². The van der Waals surface area contributed by atoms with Crippen LogP contribution in [0.3, 0.4) is 0 Å². The highest BCUT2D eigenvalue weighted by molar-refractivity contribution is 7.84. The molecule has 2 fully saturated rings. The number of hydrogen-bond donors (Lipinski definition) is 5. The SMILES string of the molecule is CC(C)(O/N=C(\C(=O)NC1C(=O)N(S(=O)(=O)O)C1CN1CCNC1=O)c1csc(N)n1)C(=O)O. The van der Waals surface area contributed by atoms with Crippen molar-refractivity contribution in [3.8, 4) is 0 Å². The van der Waals surface area contributed by atoms with Gasteiger partial charge in [-0.2, -0.15) is 8.42 Å². The first-order valence-corrected chi connectivity index (χ1v) is 11.9. The van der Waals surface area contributed by atoms with Gasteiger partial charge in [0.1, 0.15) is 11.7 Å². The fourth-order valence-electron chi connectivity index (χ4n) is 3.06. The second-order valence-corrected chi connectivity index (χ2v) is 9.90. The van der Waals surface area contributed by atoms with E-state index in [0.29, 0.717) is 6.54 Å². The van der Waals surface area contributed by atoms with Crippen LogP contribution >= 0.6 is 11.3 Å². The van der Waals surface area contributed by atoms with Crippen molar-refractivity contribution in [1.29, 1.82) is 0 Å². The van der Waals surface area contributed by atoms with Crippen molar-refractivity contribution in [2.75, 3.05) is 25.4 Å². The molecule has 4 amide bonds. The Morgan fingerprint density at radius 2 is 2.12 bits per heavy atom. The van der Waals surface area contributed by atoms with Gasteiger partial charge in [-0.3, -0.25) is 14.1 Å². The normalized spacial score (nSPS) is 21.2. The lowest BCUT2D eigenvalue weighted by atomic mass is 9.97. The van der Waals surface area contributed by atoms with Crippen LogP contribution in [0.5, 0.6) is 0 Å². The third kappa shape index (κ3) is 5.02. The van der Waals surface area contributed by atoms with Gasteiger partial charge >= 0.3 is 22.3 Å². The number of hydrogen-bond acceptors (Lipinski definition) is 11. The molecule has 2 aliphatic rings. The highest BCUT2D eigenvalue weighted by Crippen LogP contribution is 2.25. The number of nitrogens with one attached hydrogen (secondary N) is 2. The summed E-state index contributed by atoms with van der Waals surface area (Å²) in [7, 11) is -4.97. The first kappa shape index (κ1) is 25.1. The third-order valence-electron chi connectivity index (χ3n) is 4.92. The van der Waals surface area contributed by atoms with Crippen LogP contribution < -0.4 is 16.4 Å². The summed E-state index contributed by atoms with van der Waals surface area (Å²) in [6, 6.07) is -3.28. The molecular formula is C16H21N7O9S2. The van der Waals surface area contributed by atoms with Crippen LogP contribution in [0.2, 0.25) is 0 Å². The van der Waals surface area contributed by atoms with E-state index in [9.17, 15) is 37.3 Å². The Labute approximate surface area is 196 Å². The zero-order valence-corrected chi connectivity index (χ0v) is 19.4. The Bertz CT molecular complexity index is 1160. The number of carboxylic acid groups (broad SMARTS) is 1. The number of carbonyl (C=O) groups is 4. The molecule has 2 saturated heterocycles. The van der Waals surface area contributed by atoms with Gasteiger partial charge < -0.3 is 31.2 Å². The molecule has 3 heterocycles. The number of urea groups is 1. The summed E-state index contributed by atoms with van der Waals surface area (Å²) in [5, 5.41) is 19.0. The molecule has 18 heteroatoms. The molecule has 1 aromatic heterocycles. The summed E-state index contributed by atoms with van der Waals surface area (Å²) in [4.78, 5) is 58.7. The Kier molecular flexibility index (Phi) is 6.67. The largest absolute Gasteiger partial charge is 0.478 e. The van der Waals surface area contributed by atoms with Crippen molar-refractivity contribution in [3.63, 3.8) is 0 Å². The van der Waals surface area contributed by atoms with Crippen molar-refractivity contribution >= 4 is 56.3 Å². The van der Waals surface area contributed by atoms with Gasteiger partial charge in [-0.05, 0) is 13.8 Å². The zero-order valence-electron chi connectivity index (χ0n) is 17.8. The van der Waals surface area contributed by atoms with E-state index in [1.165, 1.54) is 24.1 Å². The van der Waals surface area contributed by atoms with Gasteiger partial charge in [0.05, 0.1) is 6.04 Å². The van der Waals surface area contributed by atoms with Gasteiger partial charge in [0, 0.05) is 25.0 Å². The lowest BCUT2D eigenvalue weighted by Gasteiger charge is -2.45. The minimum absolute atomic E-state index is 0.0585. The number of aromatic nitrogens is 1. The maximum Gasteiger partial charge on any atom is 0.362 e. The van der Waals surface area contributed by atoms with Crippen LogP contribution in [0.15, 0.2) is 10.5 Å². The molecule has 186 valence electrons. The van der Waals surface area contributed by atoms with Crippen LogP contribution in [0.25, 0.3) is 0 Å². The zero-order chi connectivity index (χ0) is 25.4. The van der Waals surface area contributed by atoms with Gasteiger partial charge in [0.2, 0.25) is 5.60 Å². The number of oxime groups is 1. The highest BCUT2D eigenvalue weighted by atomic mass is 32.2. The van der Waals surface area contributed by atoms with E-state index in [-0.39, 0.29) is 28.2 Å². The number of rotatable bonds is 9. The molecule has 0 spiro atoms. The van der Waals surface area contributed by atoms with Crippen LogP contribution in [0, 0.1) is 0 Å². The molecular weight excluding hydrogens is 498 g/mol. The van der Waals surface area contributed by atoms with Crippen LogP contribution in [-0.2, 0) is 29.5 Å². The number of aliphatic carboxylic acids is 1. The number of carbonyl (C=O) groups excluding carboxylic acids is 3. The fraction of sp³-hybridized carbons (Fsp3) is 0.500. The summed E-state index contributed by atoms with van der Waals surface area (Å²) < 4.78 is 32.9. The predicted molar refractivity (Wildman–Crippen MR) is 115 cm³/mol. The number of nitrogen functional groups attached to an aromatic ring is 1. The monoisotopic (exact) mass is 519 g/mol. The summed E-state index contributed by atoms with van der Waals surface area (Å²) in [5.74, 6) is -3.59. The van der Waals surface area contributed by atoms with Gasteiger partial charge in [-0.1, -0.05) is 5.16 Å². The molecule has 3 rings (SSSR count). The Hall–Kier alpha value is -3.51. The third-order valence-corrected chi connectivity index (χ3v) is 6.54. The number of nitrogens with zero attached hydrogens (tertiary/aromatic N) is 4. The smallest absolute Gasteiger partial charge is 0.362 e. The molecule has 2 unspecified atom stereocenters. The van der Waals surface area contributed by atoms with E-state index >= 15 is 0 Å². The number of carboxylic acids is 1. The van der Waals surface area contributed by atoms with Crippen LogP contribution in [0.1, 0.15) is 19.5 Å². The van der Waals surface area contributed by atoms with Gasteiger partial charge in [-0.25, -0.2) is 18.9 Å². The molecule has 2 aliphatic heterocycles. The molecule has 2 atom stereocenters. The van der Waals surface area contributed by atoms with Gasteiger partial charge in [0.15, 0.2) is 10.8 Å². The number of anilines is 1. The Balaban J connectivity index is 1.87. The number of thiazole rings is 1. The van der Waals surface area contributed by atoms with E-state index in [0.717, 1.165) is 11.3 Å². The van der Waals surface area contributed by atoms with Gasteiger partial charge in [-0.15, -0.1) is 11.3 Å². The summed E-state index contributed by atoms with van der Waals surface area (Å²) >= 11 is 0.950. The molecule has 0 bridgehead atoms. The minimum atomic E-state index is -4.97. The van der Waals surface area contributed by atoms with E-state index in [1.807, 2.05) is 0 Å². The lowest BCUT2D eigenvalue weighted by molar-refractivity contribution is -0.161. The van der Waals surface area contributed by atoms with E-state index in [4.69, 9.17) is 10.6 Å². The molecule has 0 radical (unpaired) electrons. The van der Waals surface area contributed by atoms with Crippen molar-refractivity contribution in [1.82, 2.24) is 24.8 Å². The number of amides is 4. The number of β-lactam (4-membered cyclic amide) rings is 1. The van der Waals surface area contributed by atoms with E-state index in [1.54, 1.807) is 0 Å². The second kappa shape index (κ2) is 9.03. The molecule has 1 aromatic rings. The molecule has 0 saturated carbocycles. The topological polar surface area (TPSA) is 234 Å². The molecule has 0 aromatic carbocycles. The highest BCUT2D eigenvalue weighted by Gasteiger charge is 2.55. The standard InChI is InChI=1S/C16H21N7O9S2/c1-16(2,13(26)27)32-21-9(7-6-33-14(17)19-7)11(24)20-10-8(5-22-4-3-18-15(22)28)23(12(10)25)34(29,30)31/h6,8,10H,3-5H2,1-2H3,(H2,17,19)(H,18,28)(H,20,24)(H,26,27)(H,29,30,31)/b21-9-. The molecule has 6 N–H and O–H groups in total. The minimum Gasteiger partial charge on any atom is -0.478 e. The van der Waals surface area contributed by atoms with Crippen molar-refractivity contribution in [2.24, 2.45) is 5.16 Å². The average Bonchev–Trinajstić information content (AvgIpc) is 3.32.